The Labute approximate surface area is 402 Å². The van der Waals surface area contributed by atoms with E-state index in [4.69, 9.17) is 35.8 Å². The number of carbonyl (C=O) groups excluding carboxylic acids is 1. The van der Waals surface area contributed by atoms with Gasteiger partial charge in [0.25, 0.3) is 15.5 Å². The van der Waals surface area contributed by atoms with Crippen molar-refractivity contribution in [3.05, 3.63) is 114 Å². The van der Waals surface area contributed by atoms with Gasteiger partial charge in [0.1, 0.15) is 0 Å². The fourth-order valence-electron chi connectivity index (χ4n) is 4.10. The molecular weight excluding hydrogens is 976 g/mol. The molecule has 0 bridgehead atoms. The van der Waals surface area contributed by atoms with Gasteiger partial charge in [-0.15, -0.1) is 0 Å². The maximum Gasteiger partial charge on any atom is 1.00 e. The Bertz CT molecular complexity index is 1810. The molecule has 0 atom stereocenters. The topological polar surface area (TPSA) is 203 Å². The average molecular weight is 1010 g/mol. The summed E-state index contributed by atoms with van der Waals surface area (Å²) >= 11 is 0. The van der Waals surface area contributed by atoms with Crippen LogP contribution < -0.4 is 125 Å². The molecule has 20 heteroatoms. The first-order valence-electron chi connectivity index (χ1n) is 12.9. The van der Waals surface area contributed by atoms with Crippen molar-refractivity contribution in [3.8, 4) is 0 Å². The molecule has 4 aromatic rings. The fraction of sp³-hybridized carbons (Fsp3) is 0.138. The van der Waals surface area contributed by atoms with Crippen molar-refractivity contribution >= 4 is 66.9 Å². The summed E-state index contributed by atoms with van der Waals surface area (Å²) in [4.78, 5) is 11.7. The molecule has 49 heavy (non-hydrogen) atoms. The summed E-state index contributed by atoms with van der Waals surface area (Å²) in [7, 11) is -3.61. The number of anilines is 1. The SMILES string of the molecule is C.Nc1ccc2c(c1)B(O)OC2.O=CO[O-].O=S(=O)(Cc1ccc2c(c1)B(O)OC2)c1ccccc1.O=S(=O)(Cl)c1ccccc1.[H-].[K+].[K+].[U]. The molecule has 0 saturated carbocycles. The molecule has 2 heterocycles. The number of sulfone groups is 1. The van der Waals surface area contributed by atoms with Crippen molar-refractivity contribution in [2.24, 2.45) is 0 Å². The third-order valence-corrected chi connectivity index (χ3v) is 9.30. The third-order valence-electron chi connectivity index (χ3n) is 6.23. The van der Waals surface area contributed by atoms with Crippen LogP contribution in [0.15, 0.2) is 107 Å². The van der Waals surface area contributed by atoms with Crippen molar-refractivity contribution in [2.45, 2.75) is 36.2 Å². The Kier molecular flexibility index (Phi) is 27.0. The second-order valence-corrected chi connectivity index (χ2v) is 13.9. The molecule has 6 rings (SSSR count). The quantitative estimate of drug-likeness (QED) is 0.0431. The Morgan fingerprint density at radius 2 is 1.24 bits per heavy atom. The van der Waals surface area contributed by atoms with E-state index in [2.05, 4.69) is 4.89 Å². The predicted octanol–water partition coefficient (Wildman–Crippen LogP) is -4.83. The summed E-state index contributed by atoms with van der Waals surface area (Å²) in [6.45, 7) is 0.666. The van der Waals surface area contributed by atoms with E-state index in [1.54, 1.807) is 78.9 Å². The monoisotopic (exact) mass is 1010 g/mol. The number of fused-ring (bicyclic) bond motifs is 2. The molecule has 0 fully saturated rings. The van der Waals surface area contributed by atoms with Crippen LogP contribution in [-0.4, -0.2) is 47.6 Å². The van der Waals surface area contributed by atoms with Gasteiger partial charge < -0.3 is 36.7 Å². The van der Waals surface area contributed by atoms with Gasteiger partial charge in [-0.25, -0.2) is 16.8 Å². The predicted molar refractivity (Wildman–Crippen MR) is 174 cm³/mol. The summed E-state index contributed by atoms with van der Waals surface area (Å²) < 4.78 is 55.9. The number of rotatable bonds is 5. The first-order chi connectivity index (χ1) is 21.4. The zero-order chi connectivity index (χ0) is 33.0. The molecule has 250 valence electrons. The van der Waals surface area contributed by atoms with Crippen LogP contribution in [0.3, 0.4) is 0 Å². The van der Waals surface area contributed by atoms with Gasteiger partial charge in [0.2, 0.25) is 0 Å². The van der Waals surface area contributed by atoms with E-state index in [1.165, 1.54) is 12.1 Å². The van der Waals surface area contributed by atoms with Crippen LogP contribution in [0.2, 0.25) is 0 Å². The van der Waals surface area contributed by atoms with Crippen LogP contribution in [0.5, 0.6) is 0 Å². The van der Waals surface area contributed by atoms with Crippen molar-refractivity contribution in [2.75, 3.05) is 5.73 Å². The van der Waals surface area contributed by atoms with Crippen molar-refractivity contribution in [1.29, 1.82) is 0 Å². The van der Waals surface area contributed by atoms with E-state index in [0.717, 1.165) is 16.6 Å². The van der Waals surface area contributed by atoms with Crippen LogP contribution in [0.1, 0.15) is 25.5 Å². The summed E-state index contributed by atoms with van der Waals surface area (Å²) in [5.41, 5.74) is 10.2. The van der Waals surface area contributed by atoms with E-state index < -0.39 is 33.1 Å². The van der Waals surface area contributed by atoms with Crippen LogP contribution in [0.25, 0.3) is 0 Å². The van der Waals surface area contributed by atoms with Crippen LogP contribution >= 0.6 is 10.7 Å². The smallest absolute Gasteiger partial charge is 1.00 e. The number of halogens is 1. The zero-order valence-corrected chi connectivity index (χ0v) is 38.7. The molecule has 2 aliphatic rings. The second-order valence-electron chi connectivity index (χ2n) is 9.33. The standard InChI is InChI=1S/C14H13BO4S.C7H8BNO2.C6H5ClO2S.CH2O3.CH4.2K.U.H/c16-15-14-8-11(6-7-12(14)9-19-15)10-20(17,18)13-4-2-1-3-5-13;9-6-2-1-5-4-11-8(10)7(5)3-6;7-10(8,9)6-4-2-1-3-5-6;2-1-4-3;;;;;/h1-8,16H,9-10H2;1-3,10H,4,9H2;1-5H;1,3H;1H4;;;;/q;;;;;2*+1;;-1/p-1. The number of benzene rings is 4. The third kappa shape index (κ3) is 17.1. The Hall–Kier alpha value is 0.595. The minimum absolute atomic E-state index is 0. The number of hydrogen-bond donors (Lipinski definition) is 3. The van der Waals surface area contributed by atoms with Gasteiger partial charge in [-0.1, -0.05) is 68.1 Å². The zero-order valence-electron chi connectivity index (χ0n) is 26.9. The Morgan fingerprint density at radius 1 is 0.816 bits per heavy atom. The Morgan fingerprint density at radius 3 is 1.67 bits per heavy atom. The van der Waals surface area contributed by atoms with Crippen LogP contribution in [0, 0.1) is 31.1 Å². The number of nitrogen functional groups attached to an aromatic ring is 1. The summed E-state index contributed by atoms with van der Waals surface area (Å²) in [5.74, 6) is -0.0863. The van der Waals surface area contributed by atoms with Gasteiger partial charge in [-0.05, 0) is 64.0 Å². The minimum atomic E-state index is -3.53. The maximum absolute atomic E-state index is 12.3. The van der Waals surface area contributed by atoms with Gasteiger partial charge in [0.15, 0.2) is 9.84 Å². The first kappa shape index (κ1) is 51.7. The van der Waals surface area contributed by atoms with Crippen molar-refractivity contribution in [3.63, 3.8) is 0 Å². The number of carbonyl (C=O) groups is 1. The van der Waals surface area contributed by atoms with E-state index in [9.17, 15) is 26.9 Å². The van der Waals surface area contributed by atoms with E-state index in [1.807, 2.05) is 6.07 Å². The molecule has 0 saturated heterocycles. The summed E-state index contributed by atoms with van der Waals surface area (Å²) in [6, 6.07) is 26.9. The van der Waals surface area contributed by atoms with Crippen molar-refractivity contribution < 1.29 is 186 Å². The molecule has 0 spiro atoms. The van der Waals surface area contributed by atoms with E-state index >= 15 is 0 Å². The Balaban J connectivity index is -0.000000637. The van der Waals surface area contributed by atoms with E-state index in [-0.39, 0.29) is 160 Å². The molecule has 0 amide bonds. The van der Waals surface area contributed by atoms with Gasteiger partial charge in [0.05, 0.1) is 28.8 Å². The fourth-order valence-corrected chi connectivity index (χ4v) is 6.25. The summed E-state index contributed by atoms with van der Waals surface area (Å²) in [6.07, 6.45) is 0. The normalized spacial score (nSPS) is 12.0. The minimum Gasteiger partial charge on any atom is -1.00 e. The van der Waals surface area contributed by atoms with Gasteiger partial charge >= 0.3 is 117 Å². The second kappa shape index (κ2) is 25.6. The maximum atomic E-state index is 12.3. The summed E-state index contributed by atoms with van der Waals surface area (Å²) in [5, 5.41) is 27.3. The molecule has 0 radical (unpaired) electrons. The number of hydrogen-bond acceptors (Lipinski definition) is 12. The van der Waals surface area contributed by atoms with Gasteiger partial charge in [0, 0.05) is 47.5 Å². The van der Waals surface area contributed by atoms with Crippen LogP contribution in [0.4, 0.5) is 5.69 Å². The molecule has 0 aliphatic carbocycles. The van der Waals surface area contributed by atoms with Gasteiger partial charge in [-0.3, -0.25) is 4.79 Å². The van der Waals surface area contributed by atoms with Gasteiger partial charge in [-0.2, -0.15) is 0 Å². The largest absolute Gasteiger partial charge is 1.00 e. The van der Waals surface area contributed by atoms with E-state index in [0.29, 0.717) is 34.8 Å². The van der Waals surface area contributed by atoms with Crippen molar-refractivity contribution in [1.82, 2.24) is 0 Å². The number of nitrogens with two attached hydrogens (primary N) is 1. The molecule has 4 aromatic carbocycles. The van der Waals surface area contributed by atoms with Crippen LogP contribution in [-0.2, 0) is 56.8 Å². The molecule has 2 aliphatic heterocycles. The molecule has 12 nitrogen and oxygen atoms in total. The molecule has 0 unspecified atom stereocenters. The molecule has 0 aromatic heterocycles. The molecule has 4 N–H and O–H groups in total. The first-order valence-corrected chi connectivity index (χ1v) is 16.9. The molecular formula is C29H32B2ClK2NO11S2U. The average Bonchev–Trinajstić information content (AvgIpc) is 3.59.